The highest BCUT2D eigenvalue weighted by atomic mass is 35.5. The lowest BCUT2D eigenvalue weighted by molar-refractivity contribution is 0.0955. The summed E-state index contributed by atoms with van der Waals surface area (Å²) >= 11 is 6.16. The Morgan fingerprint density at radius 1 is 1.16 bits per heavy atom. The van der Waals surface area contributed by atoms with Crippen molar-refractivity contribution in [3.8, 4) is 17.2 Å². The van der Waals surface area contributed by atoms with Crippen molar-refractivity contribution in [1.29, 1.82) is 0 Å². The molecule has 7 heteroatoms. The van der Waals surface area contributed by atoms with E-state index in [0.29, 0.717) is 40.0 Å². The molecular weight excluding hydrogens is 344 g/mol. The van der Waals surface area contributed by atoms with Gasteiger partial charge in [0.1, 0.15) is 5.75 Å². The summed E-state index contributed by atoms with van der Waals surface area (Å²) in [6.07, 6.45) is 1.44. The van der Waals surface area contributed by atoms with E-state index in [2.05, 4.69) is 10.5 Å². The van der Waals surface area contributed by atoms with Crippen LogP contribution in [0.25, 0.3) is 0 Å². The molecule has 1 amide bonds. The predicted molar refractivity (Wildman–Crippen MR) is 97.2 cm³/mol. The van der Waals surface area contributed by atoms with Gasteiger partial charge in [0.15, 0.2) is 11.5 Å². The van der Waals surface area contributed by atoms with Gasteiger partial charge in [0.25, 0.3) is 5.91 Å². The van der Waals surface area contributed by atoms with Gasteiger partial charge in [-0.1, -0.05) is 11.6 Å². The Morgan fingerprint density at radius 3 is 2.40 bits per heavy atom. The van der Waals surface area contributed by atoms with Crippen molar-refractivity contribution in [2.24, 2.45) is 5.10 Å². The summed E-state index contributed by atoms with van der Waals surface area (Å²) in [7, 11) is 3.05. The molecule has 0 aliphatic heterocycles. The molecule has 1 N–H and O–H groups in total. The van der Waals surface area contributed by atoms with Crippen LogP contribution in [0.1, 0.15) is 22.8 Å². The number of hydrazone groups is 1. The number of amides is 1. The molecule has 0 spiro atoms. The summed E-state index contributed by atoms with van der Waals surface area (Å²) in [5.41, 5.74) is 3.51. The number of benzene rings is 2. The van der Waals surface area contributed by atoms with Crippen LogP contribution in [0, 0.1) is 0 Å². The van der Waals surface area contributed by atoms with Gasteiger partial charge in [-0.05, 0) is 37.3 Å². The van der Waals surface area contributed by atoms with Crippen LogP contribution in [0.4, 0.5) is 0 Å². The van der Waals surface area contributed by atoms with Crippen molar-refractivity contribution in [2.45, 2.75) is 6.92 Å². The highest BCUT2D eigenvalue weighted by molar-refractivity contribution is 6.33. The minimum absolute atomic E-state index is 0.337. The average Bonchev–Trinajstić information content (AvgIpc) is 2.63. The third kappa shape index (κ3) is 4.87. The molecule has 25 heavy (non-hydrogen) atoms. The molecule has 0 unspecified atom stereocenters. The largest absolute Gasteiger partial charge is 0.494 e. The Balaban J connectivity index is 2.06. The number of nitrogens with one attached hydrogen (secondary N) is 1. The number of nitrogens with zero attached hydrogens (tertiary/aromatic N) is 1. The monoisotopic (exact) mass is 362 g/mol. The summed E-state index contributed by atoms with van der Waals surface area (Å²) in [5, 5.41) is 4.36. The van der Waals surface area contributed by atoms with Crippen LogP contribution in [-0.2, 0) is 0 Å². The van der Waals surface area contributed by atoms with E-state index in [1.165, 1.54) is 20.4 Å². The van der Waals surface area contributed by atoms with Crippen LogP contribution in [0.3, 0.4) is 0 Å². The molecule has 0 fully saturated rings. The van der Waals surface area contributed by atoms with Gasteiger partial charge in [0.2, 0.25) is 0 Å². The first-order valence-electron chi connectivity index (χ1n) is 7.56. The lowest BCUT2D eigenvalue weighted by Gasteiger charge is -2.09. The van der Waals surface area contributed by atoms with E-state index >= 15 is 0 Å². The molecule has 2 aromatic carbocycles. The van der Waals surface area contributed by atoms with Crippen LogP contribution in [-0.4, -0.2) is 32.9 Å². The Hall–Kier alpha value is -2.73. The minimum atomic E-state index is -0.337. The SMILES string of the molecule is CCOc1ccc(C(=O)N/N=C\c2cc(OC)c(OC)cc2Cl)cc1. The first-order chi connectivity index (χ1) is 12.1. The first-order valence-corrected chi connectivity index (χ1v) is 7.94. The van der Waals surface area contributed by atoms with Gasteiger partial charge in [-0.25, -0.2) is 5.43 Å². The highest BCUT2D eigenvalue weighted by Crippen LogP contribution is 2.32. The van der Waals surface area contributed by atoms with E-state index in [-0.39, 0.29) is 5.91 Å². The molecule has 0 aliphatic rings. The second-order valence-electron chi connectivity index (χ2n) is 4.89. The zero-order valence-corrected chi connectivity index (χ0v) is 15.0. The summed E-state index contributed by atoms with van der Waals surface area (Å²) in [5.74, 6) is 1.41. The van der Waals surface area contributed by atoms with Crippen LogP contribution >= 0.6 is 11.6 Å². The smallest absolute Gasteiger partial charge is 0.271 e. The number of ether oxygens (including phenoxy) is 3. The van der Waals surface area contributed by atoms with Gasteiger partial charge < -0.3 is 14.2 Å². The van der Waals surface area contributed by atoms with Crippen molar-refractivity contribution in [2.75, 3.05) is 20.8 Å². The van der Waals surface area contributed by atoms with Crippen LogP contribution in [0.2, 0.25) is 5.02 Å². The zero-order chi connectivity index (χ0) is 18.2. The highest BCUT2D eigenvalue weighted by Gasteiger charge is 2.09. The van der Waals surface area contributed by atoms with Crippen molar-refractivity contribution in [1.82, 2.24) is 5.43 Å². The zero-order valence-electron chi connectivity index (χ0n) is 14.2. The summed E-state index contributed by atoms with van der Waals surface area (Å²) in [6, 6.07) is 10.1. The van der Waals surface area contributed by atoms with Crippen molar-refractivity contribution in [3.63, 3.8) is 0 Å². The number of hydrogen-bond donors (Lipinski definition) is 1. The molecule has 0 aliphatic carbocycles. The van der Waals surface area contributed by atoms with Crippen molar-refractivity contribution < 1.29 is 19.0 Å². The molecule has 0 aromatic heterocycles. The molecule has 2 rings (SSSR count). The van der Waals surface area contributed by atoms with E-state index in [9.17, 15) is 4.79 Å². The van der Waals surface area contributed by atoms with Gasteiger partial charge in [-0.2, -0.15) is 5.10 Å². The molecule has 0 bridgehead atoms. The molecule has 2 aromatic rings. The predicted octanol–water partition coefficient (Wildman–Crippen LogP) is 3.52. The van der Waals surface area contributed by atoms with Gasteiger partial charge in [0.05, 0.1) is 32.1 Å². The van der Waals surface area contributed by atoms with Crippen molar-refractivity contribution >= 4 is 23.7 Å². The van der Waals surface area contributed by atoms with Gasteiger partial charge in [-0.3, -0.25) is 4.79 Å². The number of carbonyl (C=O) groups is 1. The Bertz CT molecular complexity index is 760. The second-order valence-corrected chi connectivity index (χ2v) is 5.29. The average molecular weight is 363 g/mol. The van der Waals surface area contributed by atoms with Crippen molar-refractivity contribution in [3.05, 3.63) is 52.5 Å². The number of methoxy groups -OCH3 is 2. The minimum Gasteiger partial charge on any atom is -0.494 e. The quantitative estimate of drug-likeness (QED) is 0.604. The van der Waals surface area contributed by atoms with Crippen LogP contribution < -0.4 is 19.6 Å². The summed E-state index contributed by atoms with van der Waals surface area (Å²) in [4.78, 5) is 12.1. The molecule has 132 valence electrons. The number of halogens is 1. The van der Waals surface area contributed by atoms with Crippen LogP contribution in [0.5, 0.6) is 17.2 Å². The first kappa shape index (κ1) is 18.6. The fraction of sp³-hybridized carbons (Fsp3) is 0.222. The van der Waals surface area contributed by atoms with E-state index in [4.69, 9.17) is 25.8 Å². The number of carbonyl (C=O) groups excluding carboxylic acids is 1. The van der Waals surface area contributed by atoms with E-state index < -0.39 is 0 Å². The van der Waals surface area contributed by atoms with Crippen LogP contribution in [0.15, 0.2) is 41.5 Å². The number of rotatable bonds is 7. The Morgan fingerprint density at radius 2 is 1.80 bits per heavy atom. The van der Waals surface area contributed by atoms with E-state index in [0.717, 1.165) is 0 Å². The molecule has 0 radical (unpaired) electrons. The fourth-order valence-corrected chi connectivity index (χ4v) is 2.27. The normalized spacial score (nSPS) is 10.6. The third-order valence-electron chi connectivity index (χ3n) is 3.30. The lowest BCUT2D eigenvalue weighted by atomic mass is 10.2. The maximum Gasteiger partial charge on any atom is 0.271 e. The molecule has 0 heterocycles. The van der Waals surface area contributed by atoms with E-state index in [1.807, 2.05) is 6.92 Å². The molecular formula is C18H19ClN2O4. The fourth-order valence-electron chi connectivity index (χ4n) is 2.06. The molecule has 0 atom stereocenters. The topological polar surface area (TPSA) is 69.2 Å². The summed E-state index contributed by atoms with van der Waals surface area (Å²) < 4.78 is 15.7. The van der Waals surface area contributed by atoms with Gasteiger partial charge >= 0.3 is 0 Å². The lowest BCUT2D eigenvalue weighted by Crippen LogP contribution is -2.17. The number of hydrogen-bond acceptors (Lipinski definition) is 5. The maximum absolute atomic E-state index is 12.1. The van der Waals surface area contributed by atoms with E-state index in [1.54, 1.807) is 36.4 Å². The summed E-state index contributed by atoms with van der Waals surface area (Å²) in [6.45, 7) is 2.47. The standard InChI is InChI=1S/C18H19ClN2O4/c1-4-25-14-7-5-12(6-8-14)18(22)21-20-11-13-9-16(23-2)17(24-3)10-15(13)19/h5-11H,4H2,1-3H3,(H,21,22)/b20-11-. The third-order valence-corrected chi connectivity index (χ3v) is 3.63. The Kier molecular flexibility index (Phi) is 6.65. The van der Waals surface area contributed by atoms with Gasteiger partial charge in [0, 0.05) is 17.2 Å². The Labute approximate surface area is 151 Å². The van der Waals surface area contributed by atoms with Gasteiger partial charge in [-0.15, -0.1) is 0 Å². The maximum atomic E-state index is 12.1. The molecule has 6 nitrogen and oxygen atoms in total. The second kappa shape index (κ2) is 8.94. The molecule has 0 saturated carbocycles. The molecule has 0 saturated heterocycles.